The summed E-state index contributed by atoms with van der Waals surface area (Å²) in [4.78, 5) is 18.3. The Morgan fingerprint density at radius 3 is 2.86 bits per heavy atom. The van der Waals surface area contributed by atoms with Crippen LogP contribution >= 0.6 is 0 Å². The normalized spacial score (nSPS) is 16.0. The third-order valence-electron chi connectivity index (χ3n) is 4.07. The third-order valence-corrected chi connectivity index (χ3v) is 4.07. The molecule has 2 aromatic rings. The highest BCUT2D eigenvalue weighted by molar-refractivity contribution is 5.70. The largest absolute Gasteiger partial charge is 0.338 e. The van der Waals surface area contributed by atoms with Crippen molar-refractivity contribution in [3.8, 4) is 6.07 Å². The smallest absolute Gasteiger partial charge is 0.278 e. The Morgan fingerprint density at radius 2 is 2.23 bits per heavy atom. The summed E-state index contributed by atoms with van der Waals surface area (Å²) in [6, 6.07) is 2.08. The maximum absolute atomic E-state index is 12.8. The molecule has 1 N–H and O–H groups in total. The van der Waals surface area contributed by atoms with Gasteiger partial charge in [-0.3, -0.25) is 4.79 Å². The van der Waals surface area contributed by atoms with E-state index < -0.39 is 0 Å². The van der Waals surface area contributed by atoms with Gasteiger partial charge in [0.25, 0.3) is 5.56 Å². The maximum Gasteiger partial charge on any atom is 0.278 e. The summed E-state index contributed by atoms with van der Waals surface area (Å²) in [5.41, 5.74) is 3.40. The zero-order valence-electron chi connectivity index (χ0n) is 13.1. The molecule has 0 bridgehead atoms. The summed E-state index contributed by atoms with van der Waals surface area (Å²) in [6.45, 7) is 5.81. The highest BCUT2D eigenvalue weighted by atomic mass is 16.1. The summed E-state index contributed by atoms with van der Waals surface area (Å²) < 4.78 is 1.30. The standard InChI is InChI=1S/C16H19N5O/c1-10(2)13-14(11-5-4-6-20(3)9-11)19-15-12(7-17)8-18-21(15)16(13)22/h5,8,10,19H,4,6,9H2,1-3H3. The minimum absolute atomic E-state index is 0.0750. The van der Waals surface area contributed by atoms with Crippen molar-refractivity contribution in [3.05, 3.63) is 39.4 Å². The van der Waals surface area contributed by atoms with Crippen molar-refractivity contribution in [2.75, 3.05) is 20.1 Å². The lowest BCUT2D eigenvalue weighted by Crippen LogP contribution is -2.29. The first-order chi connectivity index (χ1) is 10.5. The average molecular weight is 297 g/mol. The van der Waals surface area contributed by atoms with Gasteiger partial charge in [-0.05, 0) is 25.0 Å². The molecule has 3 rings (SSSR count). The van der Waals surface area contributed by atoms with E-state index in [0.29, 0.717) is 11.2 Å². The van der Waals surface area contributed by atoms with E-state index in [2.05, 4.69) is 34.2 Å². The molecule has 0 unspecified atom stereocenters. The molecule has 6 heteroatoms. The van der Waals surface area contributed by atoms with E-state index in [1.54, 1.807) is 0 Å². The van der Waals surface area contributed by atoms with Crippen LogP contribution < -0.4 is 5.56 Å². The van der Waals surface area contributed by atoms with Gasteiger partial charge >= 0.3 is 0 Å². The first-order valence-corrected chi connectivity index (χ1v) is 7.45. The van der Waals surface area contributed by atoms with E-state index in [1.165, 1.54) is 10.7 Å². The molecule has 1 aliphatic rings. The number of nitrogens with one attached hydrogen (secondary N) is 1. The Morgan fingerprint density at radius 1 is 1.45 bits per heavy atom. The molecule has 22 heavy (non-hydrogen) atoms. The SMILES string of the molecule is CC(C)c1c(C2=CCCN(C)C2)[nH]c2c(C#N)cnn2c1=O. The number of nitrogens with zero attached hydrogens (tertiary/aromatic N) is 4. The van der Waals surface area contributed by atoms with Crippen molar-refractivity contribution in [3.63, 3.8) is 0 Å². The van der Waals surface area contributed by atoms with Crippen molar-refractivity contribution in [1.82, 2.24) is 19.5 Å². The van der Waals surface area contributed by atoms with Crippen LogP contribution in [0.15, 0.2) is 17.1 Å². The van der Waals surface area contributed by atoms with Gasteiger partial charge in [-0.25, -0.2) is 0 Å². The van der Waals surface area contributed by atoms with Crippen LogP contribution in [0.3, 0.4) is 0 Å². The van der Waals surface area contributed by atoms with Gasteiger partial charge in [-0.1, -0.05) is 19.9 Å². The van der Waals surface area contributed by atoms with E-state index in [4.69, 9.17) is 0 Å². The molecule has 114 valence electrons. The molecule has 0 amide bonds. The molecule has 3 heterocycles. The van der Waals surface area contributed by atoms with Gasteiger partial charge in [-0.2, -0.15) is 14.9 Å². The average Bonchev–Trinajstić information content (AvgIpc) is 2.90. The summed E-state index contributed by atoms with van der Waals surface area (Å²) in [7, 11) is 2.07. The quantitative estimate of drug-likeness (QED) is 0.916. The van der Waals surface area contributed by atoms with E-state index in [1.807, 2.05) is 13.8 Å². The fourth-order valence-electron chi connectivity index (χ4n) is 2.97. The molecule has 0 saturated heterocycles. The van der Waals surface area contributed by atoms with Crippen molar-refractivity contribution < 1.29 is 0 Å². The second-order valence-corrected chi connectivity index (χ2v) is 6.06. The Bertz CT molecular complexity index is 850. The fourth-order valence-corrected chi connectivity index (χ4v) is 2.97. The first-order valence-electron chi connectivity index (χ1n) is 7.45. The lowest BCUT2D eigenvalue weighted by molar-refractivity contribution is 0.372. The van der Waals surface area contributed by atoms with Crippen molar-refractivity contribution in [2.45, 2.75) is 26.2 Å². The number of nitriles is 1. The van der Waals surface area contributed by atoms with Crippen molar-refractivity contribution in [1.29, 1.82) is 5.26 Å². The second-order valence-electron chi connectivity index (χ2n) is 6.06. The molecule has 0 aromatic carbocycles. The topological polar surface area (TPSA) is 77.2 Å². The number of rotatable bonds is 2. The van der Waals surface area contributed by atoms with Crippen LogP contribution in [0.5, 0.6) is 0 Å². The van der Waals surface area contributed by atoms with E-state index in [0.717, 1.165) is 36.3 Å². The molecule has 6 nitrogen and oxygen atoms in total. The molecule has 2 aromatic heterocycles. The molecule has 0 aliphatic carbocycles. The summed E-state index contributed by atoms with van der Waals surface area (Å²) >= 11 is 0. The Hall–Kier alpha value is -2.39. The van der Waals surface area contributed by atoms with Crippen LogP contribution in [0.25, 0.3) is 11.2 Å². The first kappa shape index (κ1) is 14.5. The van der Waals surface area contributed by atoms with E-state index in [9.17, 15) is 10.1 Å². The highest BCUT2D eigenvalue weighted by Gasteiger charge is 2.22. The Balaban J connectivity index is 2.32. The number of aromatic amines is 1. The van der Waals surface area contributed by atoms with Crippen molar-refractivity contribution >= 4 is 11.2 Å². The zero-order valence-corrected chi connectivity index (χ0v) is 13.1. The van der Waals surface area contributed by atoms with Crippen LogP contribution in [0.2, 0.25) is 0 Å². The summed E-state index contributed by atoms with van der Waals surface area (Å²) in [5.74, 6) is 0.0750. The summed E-state index contributed by atoms with van der Waals surface area (Å²) in [6.07, 6.45) is 4.57. The van der Waals surface area contributed by atoms with Crippen LogP contribution in [0, 0.1) is 11.3 Å². The number of hydrogen-bond acceptors (Lipinski definition) is 4. The number of H-pyrrole nitrogens is 1. The predicted octanol–water partition coefficient (Wildman–Crippen LogP) is 1.74. The molecular formula is C16H19N5O. The molecular weight excluding hydrogens is 278 g/mol. The molecule has 0 atom stereocenters. The summed E-state index contributed by atoms with van der Waals surface area (Å²) in [5, 5.41) is 13.2. The minimum atomic E-state index is -0.144. The monoisotopic (exact) mass is 297 g/mol. The van der Waals surface area contributed by atoms with Crippen LogP contribution in [-0.2, 0) is 0 Å². The third kappa shape index (κ3) is 2.24. The predicted molar refractivity (Wildman–Crippen MR) is 84.7 cm³/mol. The second kappa shape index (κ2) is 5.43. The van der Waals surface area contributed by atoms with Gasteiger partial charge < -0.3 is 9.88 Å². The number of aromatic nitrogens is 3. The number of likely N-dealkylation sites (N-methyl/N-ethyl adjacent to an activating group) is 1. The van der Waals surface area contributed by atoms with Gasteiger partial charge in [-0.15, -0.1) is 0 Å². The van der Waals surface area contributed by atoms with Crippen LogP contribution in [0.1, 0.15) is 43.0 Å². The number of hydrogen-bond donors (Lipinski definition) is 1. The van der Waals surface area contributed by atoms with Gasteiger partial charge in [0, 0.05) is 18.7 Å². The Labute approximate surface area is 128 Å². The van der Waals surface area contributed by atoms with E-state index >= 15 is 0 Å². The van der Waals surface area contributed by atoms with Gasteiger partial charge in [0.15, 0.2) is 5.65 Å². The van der Waals surface area contributed by atoms with Gasteiger partial charge in [0.1, 0.15) is 11.6 Å². The van der Waals surface area contributed by atoms with Gasteiger partial charge in [0.05, 0.1) is 11.9 Å². The maximum atomic E-state index is 12.8. The molecule has 0 saturated carbocycles. The Kier molecular flexibility index (Phi) is 3.59. The number of fused-ring (bicyclic) bond motifs is 1. The van der Waals surface area contributed by atoms with Crippen molar-refractivity contribution in [2.24, 2.45) is 0 Å². The fraction of sp³-hybridized carbons (Fsp3) is 0.438. The van der Waals surface area contributed by atoms with E-state index in [-0.39, 0.29) is 11.5 Å². The van der Waals surface area contributed by atoms with Crippen LogP contribution in [0.4, 0.5) is 0 Å². The highest BCUT2D eigenvalue weighted by Crippen LogP contribution is 2.25. The lowest BCUT2D eigenvalue weighted by Gasteiger charge is -2.25. The molecule has 0 spiro atoms. The van der Waals surface area contributed by atoms with Gasteiger partial charge in [0.2, 0.25) is 0 Å². The molecule has 0 fully saturated rings. The molecule has 1 aliphatic heterocycles. The molecule has 0 radical (unpaired) electrons. The van der Waals surface area contributed by atoms with Crippen LogP contribution in [-0.4, -0.2) is 39.6 Å². The minimum Gasteiger partial charge on any atom is -0.338 e. The zero-order chi connectivity index (χ0) is 15.9. The lowest BCUT2D eigenvalue weighted by atomic mass is 9.96.